The SMILES string of the molecule is CCOc1ccc2c(c1)CC(NCCCCO)C(=O)N2c1ccc(CN2C(=O)[C@](O)([C@H](C)/C=C/CC(=O)N3CCC[C@H]3CO)c3cc([N+](=O)[O-])ccc32)cc1. The number of benzene rings is 3. The van der Waals surface area contributed by atoms with Gasteiger partial charge in [0, 0.05) is 48.9 Å². The number of nitrogens with one attached hydrogen (secondary N) is 1. The molecule has 3 aliphatic heterocycles. The van der Waals surface area contributed by atoms with Gasteiger partial charge in [-0.05, 0) is 93.1 Å². The smallest absolute Gasteiger partial charge is 0.269 e. The number of carbonyl (C=O) groups excluding carboxylic acids is 3. The monoisotopic (exact) mass is 755 g/mol. The van der Waals surface area contributed by atoms with Gasteiger partial charge in [0.05, 0.1) is 48.1 Å². The molecule has 3 aromatic carbocycles. The van der Waals surface area contributed by atoms with E-state index in [4.69, 9.17) is 4.74 Å². The van der Waals surface area contributed by atoms with Gasteiger partial charge in [0.25, 0.3) is 11.6 Å². The highest BCUT2D eigenvalue weighted by Gasteiger charge is 2.53. The van der Waals surface area contributed by atoms with E-state index >= 15 is 0 Å². The zero-order valence-electron chi connectivity index (χ0n) is 31.2. The first-order chi connectivity index (χ1) is 26.5. The predicted octanol–water partition coefficient (Wildman–Crippen LogP) is 4.25. The van der Waals surface area contributed by atoms with Gasteiger partial charge in [0.2, 0.25) is 11.8 Å². The lowest BCUT2D eigenvalue weighted by Gasteiger charge is -2.35. The van der Waals surface area contributed by atoms with Gasteiger partial charge in [0.15, 0.2) is 5.60 Å². The van der Waals surface area contributed by atoms with Gasteiger partial charge >= 0.3 is 0 Å². The summed E-state index contributed by atoms with van der Waals surface area (Å²) in [5.41, 5.74) is 1.01. The number of non-ortho nitro benzene ring substituents is 1. The zero-order valence-corrected chi connectivity index (χ0v) is 31.2. The Morgan fingerprint density at radius 2 is 1.85 bits per heavy atom. The lowest BCUT2D eigenvalue weighted by molar-refractivity contribution is -0.385. The maximum absolute atomic E-state index is 14.2. The number of aliphatic hydroxyl groups is 3. The molecule has 0 radical (unpaired) electrons. The molecule has 4 atom stereocenters. The van der Waals surface area contributed by atoms with E-state index in [1.54, 1.807) is 53.1 Å². The summed E-state index contributed by atoms with van der Waals surface area (Å²) in [6, 6.07) is 16.1. The minimum atomic E-state index is -2.15. The molecule has 3 amide bonds. The molecular formula is C41H49N5O9. The quantitative estimate of drug-likeness (QED) is 0.0713. The van der Waals surface area contributed by atoms with Gasteiger partial charge < -0.3 is 35.2 Å². The fourth-order valence-electron chi connectivity index (χ4n) is 7.84. The number of likely N-dealkylation sites (tertiary alicyclic amines) is 1. The number of carbonyl (C=O) groups is 3. The third-order valence-electron chi connectivity index (χ3n) is 10.8. The second-order valence-corrected chi connectivity index (χ2v) is 14.3. The first kappa shape index (κ1) is 39.5. The van der Waals surface area contributed by atoms with Crippen LogP contribution in [0, 0.1) is 16.0 Å². The van der Waals surface area contributed by atoms with Crippen LogP contribution in [-0.2, 0) is 33.0 Å². The number of nitro groups is 1. The predicted molar refractivity (Wildman–Crippen MR) is 206 cm³/mol. The Morgan fingerprint density at radius 3 is 2.56 bits per heavy atom. The van der Waals surface area contributed by atoms with Crippen LogP contribution in [0.2, 0.25) is 0 Å². The van der Waals surface area contributed by atoms with E-state index in [9.17, 15) is 39.8 Å². The van der Waals surface area contributed by atoms with Gasteiger partial charge in [0.1, 0.15) is 5.75 Å². The minimum absolute atomic E-state index is 0.0150. The number of nitro benzene ring substituents is 1. The summed E-state index contributed by atoms with van der Waals surface area (Å²) in [7, 11) is 0. The number of nitrogens with zero attached hydrogens (tertiary/aromatic N) is 4. The fraction of sp³-hybridized carbons (Fsp3) is 0.439. The van der Waals surface area contributed by atoms with Gasteiger partial charge in [-0.3, -0.25) is 29.4 Å². The number of anilines is 3. The second-order valence-electron chi connectivity index (χ2n) is 14.3. The van der Waals surface area contributed by atoms with Crippen molar-refractivity contribution in [1.29, 1.82) is 0 Å². The van der Waals surface area contributed by atoms with E-state index < -0.39 is 28.4 Å². The third-order valence-corrected chi connectivity index (χ3v) is 10.8. The highest BCUT2D eigenvalue weighted by Crippen LogP contribution is 2.47. The van der Waals surface area contributed by atoms with Crippen LogP contribution in [0.4, 0.5) is 22.7 Å². The summed E-state index contributed by atoms with van der Waals surface area (Å²) < 4.78 is 5.74. The van der Waals surface area contributed by atoms with Gasteiger partial charge in [-0.15, -0.1) is 0 Å². The van der Waals surface area contributed by atoms with E-state index in [-0.39, 0.29) is 55.3 Å². The second kappa shape index (κ2) is 17.1. The normalized spacial score (nSPS) is 21.3. The number of aliphatic hydroxyl groups excluding tert-OH is 2. The van der Waals surface area contributed by atoms with Crippen LogP contribution in [0.25, 0.3) is 0 Å². The van der Waals surface area contributed by atoms with Crippen molar-refractivity contribution in [2.24, 2.45) is 5.92 Å². The molecule has 1 unspecified atom stereocenters. The number of hydrogen-bond acceptors (Lipinski definition) is 10. The molecule has 1 fully saturated rings. The highest BCUT2D eigenvalue weighted by molar-refractivity contribution is 6.08. The van der Waals surface area contributed by atoms with Crippen molar-refractivity contribution in [3.05, 3.63) is 99.6 Å². The maximum atomic E-state index is 14.2. The van der Waals surface area contributed by atoms with E-state index in [2.05, 4.69) is 5.32 Å². The first-order valence-electron chi connectivity index (χ1n) is 18.9. The first-order valence-corrected chi connectivity index (χ1v) is 18.9. The van der Waals surface area contributed by atoms with E-state index in [1.165, 1.54) is 23.1 Å². The lowest BCUT2D eigenvalue weighted by atomic mass is 9.82. The zero-order chi connectivity index (χ0) is 39.3. The summed E-state index contributed by atoms with van der Waals surface area (Å²) >= 11 is 0. The Hall–Kier alpha value is -5.15. The molecule has 4 N–H and O–H groups in total. The minimum Gasteiger partial charge on any atom is -0.494 e. The Bertz CT molecular complexity index is 1940. The molecule has 0 aliphatic carbocycles. The molecule has 6 rings (SSSR count). The van der Waals surface area contributed by atoms with Crippen LogP contribution in [-0.4, -0.2) is 87.9 Å². The van der Waals surface area contributed by atoms with Crippen LogP contribution in [0.5, 0.6) is 5.75 Å². The van der Waals surface area contributed by atoms with Gasteiger partial charge in [-0.25, -0.2) is 0 Å². The molecule has 1 saturated heterocycles. The van der Waals surface area contributed by atoms with Crippen molar-refractivity contribution >= 4 is 40.5 Å². The standard InChI is InChI=1S/C41H49N5O9/c1-3-55-33-16-18-36-29(22-33)23-35(42-19-4-5-21-47)39(50)45(36)30-13-11-28(12-14-30)25-44-37-17-15-31(46(53)54)24-34(37)41(52,40(44)51)27(2)8-6-10-38(49)43-20-7-9-32(43)26-48/h6,8,11-18,22,24,27,32,35,42,47-48,52H,3-5,7,9-10,19-21,23,25-26H2,1-2H3/b8-6+/t27-,32+,35?,41+/m1/s1. The topological polar surface area (TPSA) is 186 Å². The molecule has 3 aliphatic rings. The summed E-state index contributed by atoms with van der Waals surface area (Å²) in [5, 5.41) is 46.1. The summed E-state index contributed by atoms with van der Waals surface area (Å²) in [6.45, 7) is 5.18. The van der Waals surface area contributed by atoms with Crippen LogP contribution < -0.4 is 19.9 Å². The molecule has 0 aromatic heterocycles. The number of ether oxygens (including phenoxy) is 1. The lowest BCUT2D eigenvalue weighted by Crippen LogP contribution is -2.49. The molecule has 55 heavy (non-hydrogen) atoms. The van der Waals surface area contributed by atoms with Crippen LogP contribution in [0.1, 0.15) is 62.6 Å². The van der Waals surface area contributed by atoms with Crippen molar-refractivity contribution < 1.29 is 39.4 Å². The largest absolute Gasteiger partial charge is 0.494 e. The van der Waals surface area contributed by atoms with E-state index in [1.807, 2.05) is 25.1 Å². The summed E-state index contributed by atoms with van der Waals surface area (Å²) in [5.74, 6) is -1.09. The van der Waals surface area contributed by atoms with E-state index in [0.717, 1.165) is 30.5 Å². The number of unbranched alkanes of at least 4 members (excludes halogenated alkanes) is 1. The van der Waals surface area contributed by atoms with Crippen molar-refractivity contribution in [3.8, 4) is 5.75 Å². The number of rotatable bonds is 16. The summed E-state index contributed by atoms with van der Waals surface area (Å²) in [4.78, 5) is 56.9. The summed E-state index contributed by atoms with van der Waals surface area (Å²) in [6.07, 6.45) is 6.57. The van der Waals surface area contributed by atoms with Gasteiger partial charge in [-0.1, -0.05) is 31.2 Å². The fourth-order valence-corrected chi connectivity index (χ4v) is 7.84. The van der Waals surface area contributed by atoms with Crippen molar-refractivity contribution in [2.75, 3.05) is 42.7 Å². The van der Waals surface area contributed by atoms with Crippen LogP contribution in [0.15, 0.2) is 72.8 Å². The number of hydrogen-bond donors (Lipinski definition) is 4. The molecule has 0 spiro atoms. The number of fused-ring (bicyclic) bond motifs is 2. The van der Waals surface area contributed by atoms with Crippen LogP contribution in [0.3, 0.4) is 0 Å². The van der Waals surface area contributed by atoms with Crippen molar-refractivity contribution in [3.63, 3.8) is 0 Å². The Kier molecular flexibility index (Phi) is 12.3. The van der Waals surface area contributed by atoms with E-state index in [0.29, 0.717) is 55.2 Å². The Balaban J connectivity index is 1.24. The Morgan fingerprint density at radius 1 is 1.09 bits per heavy atom. The third kappa shape index (κ3) is 7.99. The molecule has 0 bridgehead atoms. The van der Waals surface area contributed by atoms with Crippen LogP contribution >= 0.6 is 0 Å². The highest BCUT2D eigenvalue weighted by atomic mass is 16.6. The van der Waals surface area contributed by atoms with Crippen molar-refractivity contribution in [1.82, 2.24) is 10.2 Å². The molecule has 3 heterocycles. The molecule has 3 aromatic rings. The number of amides is 3. The molecule has 0 saturated carbocycles. The Labute approximate surface area is 320 Å². The van der Waals surface area contributed by atoms with Crippen molar-refractivity contribution in [2.45, 2.75) is 76.6 Å². The molecule has 292 valence electrons. The molecule has 14 heteroatoms. The molecular weight excluding hydrogens is 706 g/mol. The average Bonchev–Trinajstić information content (AvgIpc) is 3.75. The average molecular weight is 756 g/mol. The van der Waals surface area contributed by atoms with Gasteiger partial charge in [-0.2, -0.15) is 0 Å². The maximum Gasteiger partial charge on any atom is 0.269 e. The molecule has 14 nitrogen and oxygen atoms in total.